The van der Waals surface area contributed by atoms with Gasteiger partial charge in [0.2, 0.25) is 11.8 Å². The molecule has 4 aromatic rings. The van der Waals surface area contributed by atoms with Crippen LogP contribution in [0.25, 0.3) is 11.5 Å². The highest BCUT2D eigenvalue weighted by atomic mass is 32.1. The van der Waals surface area contributed by atoms with Gasteiger partial charge in [-0.15, -0.1) is 0 Å². The molecule has 1 unspecified atom stereocenters. The van der Waals surface area contributed by atoms with Crippen molar-refractivity contribution >= 4 is 11.3 Å². The Morgan fingerprint density at radius 2 is 2.00 bits per heavy atom. The van der Waals surface area contributed by atoms with Crippen molar-refractivity contribution in [3.8, 4) is 17.3 Å². The molecule has 0 saturated carbocycles. The largest absolute Gasteiger partial charge is 0.494 e. The second-order valence-electron chi connectivity index (χ2n) is 6.99. The van der Waals surface area contributed by atoms with Crippen LogP contribution in [0.15, 0.2) is 57.9 Å². The second kappa shape index (κ2) is 8.64. The summed E-state index contributed by atoms with van der Waals surface area (Å²) in [6, 6.07) is 13.3. The molecule has 3 aromatic heterocycles. The summed E-state index contributed by atoms with van der Waals surface area (Å²) in [5, 5.41) is 20.2. The van der Waals surface area contributed by atoms with Gasteiger partial charge in [-0.2, -0.15) is 0 Å². The van der Waals surface area contributed by atoms with Crippen LogP contribution in [0.2, 0.25) is 0 Å². The highest BCUT2D eigenvalue weighted by molar-refractivity contribution is 7.09. The molecule has 4 rings (SSSR count). The standard InChI is InChI=1S/C22H21N3O4S/c1-13-17(24-21(29-13)14-5-3-2-4-6-14)9-10-18(26)15-7-8-16(23-12-15)11-19-20(27)25-22(28)30-19/h2-8,12,18,26-27H,9-11H2,1H3,(H,25,28). The Hall–Kier alpha value is -3.23. The number of aromatic amines is 1. The number of aryl methyl sites for hydroxylation is 2. The molecule has 1 atom stereocenters. The molecule has 3 heterocycles. The zero-order chi connectivity index (χ0) is 21.1. The molecule has 0 aliphatic heterocycles. The number of thiazole rings is 1. The average molecular weight is 423 g/mol. The van der Waals surface area contributed by atoms with E-state index in [1.807, 2.05) is 43.3 Å². The number of oxazole rings is 1. The second-order valence-corrected chi connectivity index (χ2v) is 8.06. The van der Waals surface area contributed by atoms with E-state index in [4.69, 9.17) is 4.42 Å². The molecule has 3 N–H and O–H groups in total. The maximum atomic E-state index is 11.3. The van der Waals surface area contributed by atoms with E-state index in [0.29, 0.717) is 41.3 Å². The summed E-state index contributed by atoms with van der Waals surface area (Å²) in [5.41, 5.74) is 3.16. The fraction of sp³-hybridized carbons (Fsp3) is 0.227. The fourth-order valence-electron chi connectivity index (χ4n) is 3.18. The fourth-order valence-corrected chi connectivity index (χ4v) is 3.92. The van der Waals surface area contributed by atoms with Crippen LogP contribution < -0.4 is 4.87 Å². The summed E-state index contributed by atoms with van der Waals surface area (Å²) in [7, 11) is 0. The third kappa shape index (κ3) is 4.50. The van der Waals surface area contributed by atoms with Gasteiger partial charge < -0.3 is 14.6 Å². The third-order valence-electron chi connectivity index (χ3n) is 4.84. The maximum Gasteiger partial charge on any atom is 0.307 e. The molecule has 0 amide bonds. The van der Waals surface area contributed by atoms with Crippen molar-refractivity contribution in [3.05, 3.63) is 85.9 Å². The van der Waals surface area contributed by atoms with E-state index >= 15 is 0 Å². The number of pyridine rings is 1. The molecule has 0 saturated heterocycles. The SMILES string of the molecule is Cc1oc(-c2ccccc2)nc1CCC(O)c1ccc(Cc2sc(=O)[nH]c2O)nc1. The number of H-pyrrole nitrogens is 1. The minimum absolute atomic E-state index is 0.117. The molecule has 7 nitrogen and oxygen atoms in total. The Morgan fingerprint density at radius 1 is 1.20 bits per heavy atom. The Labute approximate surface area is 176 Å². The van der Waals surface area contributed by atoms with E-state index < -0.39 is 6.10 Å². The molecule has 0 spiro atoms. The number of aromatic hydroxyl groups is 1. The van der Waals surface area contributed by atoms with Gasteiger partial charge in [0.15, 0.2) is 0 Å². The molecule has 0 fully saturated rings. The summed E-state index contributed by atoms with van der Waals surface area (Å²) >= 11 is 0.961. The number of rotatable bonds is 7. The Morgan fingerprint density at radius 3 is 2.67 bits per heavy atom. The van der Waals surface area contributed by atoms with Crippen LogP contribution in [0.3, 0.4) is 0 Å². The number of aliphatic hydroxyl groups excluding tert-OH is 1. The van der Waals surface area contributed by atoms with Gasteiger partial charge in [0, 0.05) is 23.9 Å². The van der Waals surface area contributed by atoms with Gasteiger partial charge >= 0.3 is 4.87 Å². The van der Waals surface area contributed by atoms with Crippen LogP contribution in [0.5, 0.6) is 5.88 Å². The van der Waals surface area contributed by atoms with Gasteiger partial charge in [-0.25, -0.2) is 4.98 Å². The quantitative estimate of drug-likeness (QED) is 0.417. The van der Waals surface area contributed by atoms with Crippen molar-refractivity contribution in [1.82, 2.24) is 15.0 Å². The van der Waals surface area contributed by atoms with Crippen LogP contribution in [0, 0.1) is 6.92 Å². The normalized spacial score (nSPS) is 12.2. The first-order valence-corrected chi connectivity index (χ1v) is 10.4. The Kier molecular flexibility index (Phi) is 5.78. The molecule has 30 heavy (non-hydrogen) atoms. The number of nitrogens with zero attached hydrogens (tertiary/aromatic N) is 2. The molecular weight excluding hydrogens is 402 g/mol. The monoisotopic (exact) mass is 423 g/mol. The summed E-state index contributed by atoms with van der Waals surface area (Å²) in [6.07, 6.45) is 2.36. The van der Waals surface area contributed by atoms with Crippen molar-refractivity contribution in [3.63, 3.8) is 0 Å². The third-order valence-corrected chi connectivity index (χ3v) is 5.71. The molecular formula is C22H21N3O4S. The van der Waals surface area contributed by atoms with Crippen molar-refractivity contribution in [2.24, 2.45) is 0 Å². The molecule has 0 aliphatic carbocycles. The first kappa shape index (κ1) is 20.1. The lowest BCUT2D eigenvalue weighted by Gasteiger charge is -2.10. The molecule has 0 radical (unpaired) electrons. The zero-order valence-electron chi connectivity index (χ0n) is 16.3. The molecule has 0 aliphatic rings. The number of hydrogen-bond acceptors (Lipinski definition) is 7. The molecule has 0 bridgehead atoms. The topological polar surface area (TPSA) is 112 Å². The van der Waals surface area contributed by atoms with Crippen LogP contribution >= 0.6 is 11.3 Å². The van der Waals surface area contributed by atoms with Gasteiger partial charge in [-0.3, -0.25) is 14.8 Å². The number of nitrogens with one attached hydrogen (secondary N) is 1. The number of hydrogen-bond donors (Lipinski definition) is 3. The van der Waals surface area contributed by atoms with Crippen molar-refractivity contribution < 1.29 is 14.6 Å². The molecule has 1 aromatic carbocycles. The van der Waals surface area contributed by atoms with Crippen molar-refractivity contribution in [2.45, 2.75) is 32.3 Å². The lowest BCUT2D eigenvalue weighted by atomic mass is 10.0. The predicted octanol–water partition coefficient (Wildman–Crippen LogP) is 3.76. The van der Waals surface area contributed by atoms with Gasteiger partial charge in [0.1, 0.15) is 5.76 Å². The van der Waals surface area contributed by atoms with E-state index in [0.717, 1.165) is 28.4 Å². The number of benzene rings is 1. The first-order valence-electron chi connectivity index (χ1n) is 9.55. The van der Waals surface area contributed by atoms with Crippen molar-refractivity contribution in [2.75, 3.05) is 0 Å². The minimum Gasteiger partial charge on any atom is -0.494 e. The van der Waals surface area contributed by atoms with E-state index in [9.17, 15) is 15.0 Å². The first-order chi connectivity index (χ1) is 14.5. The predicted molar refractivity (Wildman–Crippen MR) is 114 cm³/mol. The maximum absolute atomic E-state index is 11.3. The number of aliphatic hydroxyl groups is 1. The van der Waals surface area contributed by atoms with Gasteiger partial charge in [0.25, 0.3) is 0 Å². The molecule has 8 heteroatoms. The Bertz CT molecular complexity index is 1180. The highest BCUT2D eigenvalue weighted by Crippen LogP contribution is 2.25. The van der Waals surface area contributed by atoms with Crippen LogP contribution in [0.4, 0.5) is 0 Å². The summed E-state index contributed by atoms with van der Waals surface area (Å²) in [4.78, 5) is 22.8. The van der Waals surface area contributed by atoms with E-state index in [1.54, 1.807) is 12.3 Å². The summed E-state index contributed by atoms with van der Waals surface area (Å²) in [6.45, 7) is 1.88. The van der Waals surface area contributed by atoms with Crippen molar-refractivity contribution in [1.29, 1.82) is 0 Å². The number of aromatic nitrogens is 3. The molecule has 154 valence electrons. The van der Waals surface area contributed by atoms with E-state index in [-0.39, 0.29) is 10.8 Å². The zero-order valence-corrected chi connectivity index (χ0v) is 17.1. The van der Waals surface area contributed by atoms with Gasteiger partial charge in [0.05, 0.1) is 16.7 Å². The lowest BCUT2D eigenvalue weighted by molar-refractivity contribution is 0.167. The highest BCUT2D eigenvalue weighted by Gasteiger charge is 2.15. The van der Waals surface area contributed by atoms with Gasteiger partial charge in [-0.1, -0.05) is 35.6 Å². The summed E-state index contributed by atoms with van der Waals surface area (Å²) < 4.78 is 5.77. The Balaban J connectivity index is 1.38. The summed E-state index contributed by atoms with van der Waals surface area (Å²) in [5.74, 6) is 1.22. The smallest absolute Gasteiger partial charge is 0.307 e. The van der Waals surface area contributed by atoms with Crippen LogP contribution in [-0.4, -0.2) is 25.2 Å². The van der Waals surface area contributed by atoms with Crippen LogP contribution in [-0.2, 0) is 12.8 Å². The lowest BCUT2D eigenvalue weighted by Crippen LogP contribution is -2.02. The average Bonchev–Trinajstić information content (AvgIpc) is 3.28. The van der Waals surface area contributed by atoms with E-state index in [1.165, 1.54) is 0 Å². The van der Waals surface area contributed by atoms with Crippen LogP contribution in [0.1, 0.15) is 40.1 Å². The van der Waals surface area contributed by atoms with E-state index in [2.05, 4.69) is 15.0 Å². The van der Waals surface area contributed by atoms with Gasteiger partial charge in [-0.05, 0) is 43.5 Å². The minimum atomic E-state index is -0.681.